The number of aromatic amines is 1. The molecule has 3 N–H and O–H groups in total. The lowest BCUT2D eigenvalue weighted by atomic mass is 10.1. The van der Waals surface area contributed by atoms with Crippen LogP contribution >= 0.6 is 0 Å². The number of hydrogen-bond donors (Lipinski definition) is 2. The molecule has 0 aliphatic heterocycles. The summed E-state index contributed by atoms with van der Waals surface area (Å²) in [6, 6.07) is 9.34. The molecular weight excluding hydrogens is 242 g/mol. The molecule has 3 rings (SSSR count). The Balaban J connectivity index is 2.23. The minimum absolute atomic E-state index is 0.0973. The topological polar surface area (TPSA) is 81.6 Å². The second-order valence-corrected chi connectivity index (χ2v) is 4.29. The van der Waals surface area contributed by atoms with Crippen LogP contribution in [-0.4, -0.2) is 19.3 Å². The van der Waals surface area contributed by atoms with E-state index in [0.29, 0.717) is 5.82 Å². The maximum atomic E-state index is 12.0. The monoisotopic (exact) mass is 255 g/mol. The van der Waals surface area contributed by atoms with E-state index in [-0.39, 0.29) is 5.69 Å². The molecule has 0 bridgehead atoms. The Labute approximate surface area is 109 Å². The number of nitrogens with zero attached hydrogens (tertiary/aromatic N) is 3. The van der Waals surface area contributed by atoms with Gasteiger partial charge in [-0.25, -0.2) is 4.79 Å². The van der Waals surface area contributed by atoms with Gasteiger partial charge in [0.2, 0.25) is 0 Å². The molecule has 96 valence electrons. The van der Waals surface area contributed by atoms with Crippen molar-refractivity contribution in [3.05, 3.63) is 53.2 Å². The molecule has 19 heavy (non-hydrogen) atoms. The average molecular weight is 255 g/mol. The minimum atomic E-state index is -0.0973. The van der Waals surface area contributed by atoms with Gasteiger partial charge in [-0.2, -0.15) is 5.10 Å². The number of para-hydroxylation sites is 1. The van der Waals surface area contributed by atoms with Gasteiger partial charge in [0, 0.05) is 31.1 Å². The first-order valence-electron chi connectivity index (χ1n) is 5.81. The number of anilines is 1. The summed E-state index contributed by atoms with van der Waals surface area (Å²) in [4.78, 5) is 12.0. The molecule has 1 aromatic carbocycles. The van der Waals surface area contributed by atoms with Gasteiger partial charge in [0.25, 0.3) is 0 Å². The molecule has 0 fully saturated rings. The van der Waals surface area contributed by atoms with Gasteiger partial charge >= 0.3 is 5.69 Å². The zero-order valence-corrected chi connectivity index (χ0v) is 10.4. The predicted molar refractivity (Wildman–Crippen MR) is 73.0 cm³/mol. The normalized spacial score (nSPS) is 10.8. The molecule has 0 unspecified atom stereocenters. The fraction of sp³-hybridized carbons (Fsp3) is 0.0769. The van der Waals surface area contributed by atoms with E-state index in [1.807, 2.05) is 24.3 Å². The average Bonchev–Trinajstić information content (AvgIpc) is 2.98. The molecule has 2 heterocycles. The first-order chi connectivity index (χ1) is 9.16. The summed E-state index contributed by atoms with van der Waals surface area (Å²) in [5.74, 6) is 0.421. The van der Waals surface area contributed by atoms with Crippen molar-refractivity contribution in [1.82, 2.24) is 19.3 Å². The molecule has 0 radical (unpaired) electrons. The maximum Gasteiger partial charge on any atom is 0.332 e. The van der Waals surface area contributed by atoms with Gasteiger partial charge in [-0.05, 0) is 6.07 Å². The number of nitrogens with two attached hydrogens (primary N) is 1. The van der Waals surface area contributed by atoms with Crippen molar-refractivity contribution >= 4 is 5.82 Å². The van der Waals surface area contributed by atoms with Crippen molar-refractivity contribution in [2.24, 2.45) is 7.05 Å². The first kappa shape index (κ1) is 11.3. The van der Waals surface area contributed by atoms with Crippen LogP contribution in [0.3, 0.4) is 0 Å². The van der Waals surface area contributed by atoms with Crippen LogP contribution in [0.15, 0.2) is 47.5 Å². The zero-order chi connectivity index (χ0) is 13.4. The first-order valence-corrected chi connectivity index (χ1v) is 5.81. The number of H-pyrrole nitrogens is 1. The summed E-state index contributed by atoms with van der Waals surface area (Å²) in [7, 11) is 1.72. The molecule has 0 amide bonds. The molecule has 3 aromatic rings. The quantitative estimate of drug-likeness (QED) is 0.720. The van der Waals surface area contributed by atoms with Crippen LogP contribution in [0, 0.1) is 0 Å². The lowest BCUT2D eigenvalue weighted by Crippen LogP contribution is -2.20. The smallest absolute Gasteiger partial charge is 0.332 e. The number of imidazole rings is 1. The summed E-state index contributed by atoms with van der Waals surface area (Å²) in [6.07, 6.45) is 3.46. The van der Waals surface area contributed by atoms with E-state index >= 15 is 0 Å². The van der Waals surface area contributed by atoms with Crippen molar-refractivity contribution in [3.8, 4) is 16.9 Å². The number of rotatable bonds is 2. The zero-order valence-electron chi connectivity index (χ0n) is 10.4. The van der Waals surface area contributed by atoms with Crippen molar-refractivity contribution in [3.63, 3.8) is 0 Å². The molecule has 0 saturated carbocycles. The highest BCUT2D eigenvalue weighted by Gasteiger charge is 2.11. The number of hydrogen-bond acceptors (Lipinski definition) is 3. The highest BCUT2D eigenvalue weighted by Crippen LogP contribution is 2.25. The van der Waals surface area contributed by atoms with E-state index in [2.05, 4.69) is 10.2 Å². The van der Waals surface area contributed by atoms with E-state index in [4.69, 9.17) is 5.73 Å². The third-order valence-corrected chi connectivity index (χ3v) is 3.00. The largest absolute Gasteiger partial charge is 0.382 e. The van der Waals surface area contributed by atoms with Gasteiger partial charge in [-0.15, -0.1) is 0 Å². The van der Waals surface area contributed by atoms with Crippen LogP contribution in [0.25, 0.3) is 16.9 Å². The number of nitrogen functional groups attached to an aromatic ring is 1. The third-order valence-electron chi connectivity index (χ3n) is 3.00. The summed E-state index contributed by atoms with van der Waals surface area (Å²) in [5, 5.41) is 6.78. The van der Waals surface area contributed by atoms with Gasteiger partial charge in [-0.1, -0.05) is 18.2 Å². The minimum Gasteiger partial charge on any atom is -0.382 e. The van der Waals surface area contributed by atoms with Gasteiger partial charge in [-0.3, -0.25) is 9.67 Å². The van der Waals surface area contributed by atoms with Gasteiger partial charge < -0.3 is 10.3 Å². The Morgan fingerprint density at radius 1 is 1.26 bits per heavy atom. The summed E-state index contributed by atoms with van der Waals surface area (Å²) < 4.78 is 3.12. The van der Waals surface area contributed by atoms with E-state index in [9.17, 15) is 4.79 Å². The predicted octanol–water partition coefficient (Wildman–Crippen LogP) is 1.15. The number of benzene rings is 1. The van der Waals surface area contributed by atoms with Crippen LogP contribution in [0.1, 0.15) is 0 Å². The maximum absolute atomic E-state index is 12.0. The Bertz CT molecular complexity index is 780. The number of aryl methyl sites for hydroxylation is 1. The van der Waals surface area contributed by atoms with E-state index in [1.165, 1.54) is 4.57 Å². The van der Waals surface area contributed by atoms with Crippen LogP contribution in [0.4, 0.5) is 5.82 Å². The molecule has 0 saturated heterocycles. The van der Waals surface area contributed by atoms with Crippen molar-refractivity contribution in [1.29, 1.82) is 0 Å². The van der Waals surface area contributed by atoms with E-state index < -0.39 is 0 Å². The summed E-state index contributed by atoms with van der Waals surface area (Å²) in [5.41, 5.74) is 7.97. The van der Waals surface area contributed by atoms with E-state index in [1.54, 1.807) is 30.1 Å². The van der Waals surface area contributed by atoms with E-state index in [0.717, 1.165) is 16.9 Å². The van der Waals surface area contributed by atoms with Gasteiger partial charge in [0.15, 0.2) is 0 Å². The highest BCUT2D eigenvalue weighted by molar-refractivity contribution is 5.71. The Morgan fingerprint density at radius 3 is 2.68 bits per heavy atom. The SMILES string of the molecule is Cn1ccn(-c2ccccc2-c2cc(N)n[nH]2)c1=O. The van der Waals surface area contributed by atoms with Gasteiger partial charge in [0.1, 0.15) is 5.82 Å². The fourth-order valence-corrected chi connectivity index (χ4v) is 2.03. The molecule has 0 aliphatic carbocycles. The van der Waals surface area contributed by atoms with Crippen molar-refractivity contribution in [2.75, 3.05) is 5.73 Å². The second kappa shape index (κ2) is 4.16. The molecule has 6 nitrogen and oxygen atoms in total. The number of aromatic nitrogens is 4. The van der Waals surface area contributed by atoms with Crippen molar-refractivity contribution in [2.45, 2.75) is 0 Å². The van der Waals surface area contributed by atoms with Crippen molar-refractivity contribution < 1.29 is 0 Å². The lowest BCUT2D eigenvalue weighted by Gasteiger charge is -2.07. The molecule has 2 aromatic heterocycles. The van der Waals surface area contributed by atoms with Crippen LogP contribution in [0.5, 0.6) is 0 Å². The second-order valence-electron chi connectivity index (χ2n) is 4.29. The molecule has 0 spiro atoms. The Kier molecular flexibility index (Phi) is 2.49. The lowest BCUT2D eigenvalue weighted by molar-refractivity contribution is 0.824. The van der Waals surface area contributed by atoms with Crippen LogP contribution in [0.2, 0.25) is 0 Å². The number of nitrogens with one attached hydrogen (secondary N) is 1. The summed E-state index contributed by atoms with van der Waals surface area (Å²) >= 11 is 0. The Hall–Kier alpha value is -2.76. The highest BCUT2D eigenvalue weighted by atomic mass is 16.1. The molecule has 0 atom stereocenters. The fourth-order valence-electron chi connectivity index (χ4n) is 2.03. The Morgan fingerprint density at radius 2 is 2.05 bits per heavy atom. The molecular formula is C13H13N5O. The van der Waals surface area contributed by atoms with Crippen LogP contribution in [-0.2, 0) is 7.05 Å². The third kappa shape index (κ3) is 1.83. The van der Waals surface area contributed by atoms with Gasteiger partial charge in [0.05, 0.1) is 11.4 Å². The standard InChI is InChI=1S/C13H13N5O/c1-17-6-7-18(13(17)19)11-5-3-2-4-9(11)10-8-12(14)16-15-10/h2-8H,1H3,(H3,14,15,16). The molecule has 0 aliphatic rings. The summed E-state index contributed by atoms with van der Waals surface area (Å²) in [6.45, 7) is 0. The molecule has 6 heteroatoms. The van der Waals surface area contributed by atoms with Crippen LogP contribution < -0.4 is 11.4 Å².